The maximum absolute atomic E-state index is 14.5. The van der Waals surface area contributed by atoms with Crippen molar-refractivity contribution in [3.8, 4) is 0 Å². The predicted octanol–water partition coefficient (Wildman–Crippen LogP) is 5.39. The molecule has 17 heteroatoms. The van der Waals surface area contributed by atoms with Crippen LogP contribution >= 0.6 is 11.8 Å². The Morgan fingerprint density at radius 2 is 1.75 bits per heavy atom. The van der Waals surface area contributed by atoms with Gasteiger partial charge in [-0.15, -0.1) is 10.2 Å². The highest BCUT2D eigenvalue weighted by atomic mass is 32.2. The number of halogens is 8. The molecule has 2 aromatic heterocycles. The molecule has 2 heterocycles. The van der Waals surface area contributed by atoms with Gasteiger partial charge in [0, 0.05) is 42.3 Å². The van der Waals surface area contributed by atoms with Crippen LogP contribution in [0, 0.1) is 5.82 Å². The number of nitrogens with zero attached hydrogens (tertiary/aromatic N) is 4. The fourth-order valence-electron chi connectivity index (χ4n) is 3.10. The number of carbonyl (C=O) groups is 1. The number of aryl methyl sites for hydroxylation is 1. The number of nitrogens with two attached hydrogens (primary N) is 1. The Hall–Kier alpha value is -3.31. The number of quaternary nitrogens is 1. The van der Waals surface area contributed by atoms with Crippen LogP contribution in [0.5, 0.6) is 0 Å². The van der Waals surface area contributed by atoms with Crippen LogP contribution in [0.25, 0.3) is 0 Å². The Morgan fingerprint density at radius 3 is 2.27 bits per heavy atom. The van der Waals surface area contributed by atoms with Crippen molar-refractivity contribution >= 4 is 29.2 Å². The first-order valence-electron chi connectivity index (χ1n) is 11.5. The van der Waals surface area contributed by atoms with Crippen LogP contribution in [0.15, 0.2) is 40.5 Å². The van der Waals surface area contributed by atoms with Crippen molar-refractivity contribution in [1.29, 1.82) is 0 Å². The quantitative estimate of drug-likeness (QED) is 0.194. The van der Waals surface area contributed by atoms with Gasteiger partial charge in [-0.3, -0.25) is 4.79 Å². The van der Waals surface area contributed by atoms with Gasteiger partial charge in [-0.1, -0.05) is 20.8 Å². The Kier molecular flexibility index (Phi) is 10.6. The van der Waals surface area contributed by atoms with Gasteiger partial charge in [-0.25, -0.2) is 14.2 Å². The molecular formula is C23H25F8N6O2S+. The van der Waals surface area contributed by atoms with E-state index in [-0.39, 0.29) is 17.8 Å². The molecular weight excluding hydrogens is 576 g/mol. The molecule has 0 atom stereocenters. The zero-order valence-electron chi connectivity index (χ0n) is 21.7. The summed E-state index contributed by atoms with van der Waals surface area (Å²) in [5.74, 6) is -15.4. The van der Waals surface area contributed by atoms with Gasteiger partial charge in [-0.2, -0.15) is 36.2 Å². The van der Waals surface area contributed by atoms with E-state index in [2.05, 4.69) is 15.2 Å². The molecule has 0 saturated heterocycles. The third-order valence-corrected chi connectivity index (χ3v) is 6.24. The molecule has 0 bridgehead atoms. The fraction of sp³-hybridized carbons (Fsp3) is 0.391. The summed E-state index contributed by atoms with van der Waals surface area (Å²) in [7, 11) is 3.06. The van der Waals surface area contributed by atoms with E-state index in [9.17, 15) is 39.9 Å². The molecule has 0 aliphatic carbocycles. The predicted molar refractivity (Wildman–Crippen MR) is 128 cm³/mol. The first kappa shape index (κ1) is 32.9. The molecule has 3 N–H and O–H groups in total. The third-order valence-electron chi connectivity index (χ3n) is 5.13. The number of carbonyl (C=O) groups excluding carboxylic acids is 1. The average Bonchev–Trinajstić information content (AvgIpc) is 3.25. The normalized spacial score (nSPS) is 12.1. The van der Waals surface area contributed by atoms with Crippen molar-refractivity contribution in [2.75, 3.05) is 12.4 Å². The lowest BCUT2D eigenvalue weighted by molar-refractivity contribution is -0.830. The third kappa shape index (κ3) is 6.69. The van der Waals surface area contributed by atoms with Gasteiger partial charge in [0.1, 0.15) is 5.82 Å². The standard InChI is InChI=1S/C21H18F8N6O2S.C2H6/c1-4-15-32-33-18(35(15)2)38-14-6-5-11(34-37-3)8-12(14)17(36)31-16-13(22)7-10(9-30-16)19(23,24)20(25,26)21(27,28)29;1-2/h5-9,34H,4H2,1-3H3,(H,30,31,36);1-2H3/p+1. The van der Waals surface area contributed by atoms with Gasteiger partial charge in [-0.05, 0) is 23.9 Å². The van der Waals surface area contributed by atoms with Crippen LogP contribution in [0.3, 0.4) is 0 Å². The van der Waals surface area contributed by atoms with Crippen molar-refractivity contribution in [2.24, 2.45) is 7.05 Å². The molecule has 1 amide bonds. The first-order chi connectivity index (χ1) is 18.6. The Morgan fingerprint density at radius 1 is 1.10 bits per heavy atom. The summed E-state index contributed by atoms with van der Waals surface area (Å²) >= 11 is 1.03. The molecule has 0 fully saturated rings. The van der Waals surface area contributed by atoms with Crippen LogP contribution in [0.1, 0.15) is 42.5 Å². The topological polar surface area (TPSA) is 98.5 Å². The second-order valence-electron chi connectivity index (χ2n) is 7.68. The lowest BCUT2D eigenvalue weighted by atomic mass is 10.0. The van der Waals surface area contributed by atoms with Crippen LogP contribution in [-0.2, 0) is 24.2 Å². The van der Waals surface area contributed by atoms with E-state index in [1.165, 1.54) is 24.7 Å². The highest BCUT2D eigenvalue weighted by molar-refractivity contribution is 7.99. The summed E-state index contributed by atoms with van der Waals surface area (Å²) < 4.78 is 108. The van der Waals surface area contributed by atoms with Crippen LogP contribution < -0.4 is 10.8 Å². The molecule has 0 radical (unpaired) electrons. The summed E-state index contributed by atoms with van der Waals surface area (Å²) in [5, 5.41) is 10.5. The second-order valence-corrected chi connectivity index (χ2v) is 8.69. The number of alkyl halides is 7. The number of amides is 1. The molecule has 0 aliphatic rings. The van der Waals surface area contributed by atoms with Crippen molar-refractivity contribution < 1.29 is 50.2 Å². The van der Waals surface area contributed by atoms with Gasteiger partial charge in [0.25, 0.3) is 5.91 Å². The maximum Gasteiger partial charge on any atom is 0.460 e. The van der Waals surface area contributed by atoms with Gasteiger partial charge >= 0.3 is 18.0 Å². The van der Waals surface area contributed by atoms with Crippen LogP contribution in [-0.4, -0.2) is 44.9 Å². The van der Waals surface area contributed by atoms with Crippen molar-refractivity contribution in [1.82, 2.24) is 19.7 Å². The first-order valence-corrected chi connectivity index (χ1v) is 12.3. The summed E-state index contributed by atoms with van der Waals surface area (Å²) in [6.45, 7) is 5.86. The van der Waals surface area contributed by atoms with E-state index in [1.807, 2.05) is 26.1 Å². The SMILES string of the molecule is CC.CCc1nnc(Sc2ccc([NH2+]OC)cc2C(=O)Nc2ncc(C(F)(F)C(F)(F)C(F)(F)F)cc2F)n1C. The van der Waals surface area contributed by atoms with Crippen molar-refractivity contribution in [3.63, 3.8) is 0 Å². The van der Waals surface area contributed by atoms with Crippen LogP contribution in [0.4, 0.5) is 46.6 Å². The van der Waals surface area contributed by atoms with E-state index >= 15 is 0 Å². The zero-order valence-corrected chi connectivity index (χ0v) is 22.5. The molecule has 1 aromatic carbocycles. The van der Waals surface area contributed by atoms with Gasteiger partial charge in [0.15, 0.2) is 22.5 Å². The number of benzene rings is 1. The lowest BCUT2D eigenvalue weighted by Gasteiger charge is -2.28. The van der Waals surface area contributed by atoms with E-state index in [1.54, 1.807) is 17.7 Å². The highest BCUT2D eigenvalue weighted by Gasteiger charge is 2.73. The second kappa shape index (κ2) is 12.9. The maximum atomic E-state index is 14.5. The Balaban J connectivity index is 0.00000274. The molecule has 0 saturated carbocycles. The monoisotopic (exact) mass is 601 g/mol. The molecule has 0 aliphatic heterocycles. The molecule has 220 valence electrons. The largest absolute Gasteiger partial charge is 0.460 e. The van der Waals surface area contributed by atoms with Crippen LogP contribution in [0.2, 0.25) is 0 Å². The Bertz CT molecular complexity index is 1330. The average molecular weight is 602 g/mol. The van der Waals surface area contributed by atoms with Gasteiger partial charge in [0.05, 0.1) is 12.7 Å². The number of hydrogen-bond donors (Lipinski definition) is 2. The van der Waals surface area contributed by atoms with E-state index in [0.29, 0.717) is 28.0 Å². The van der Waals surface area contributed by atoms with E-state index in [4.69, 9.17) is 4.84 Å². The minimum absolute atomic E-state index is 0.0685. The molecule has 40 heavy (non-hydrogen) atoms. The minimum Gasteiger partial charge on any atom is -0.309 e. The summed E-state index contributed by atoms with van der Waals surface area (Å²) in [6.07, 6.45) is -6.11. The zero-order chi connectivity index (χ0) is 30.5. The number of nitrogens with one attached hydrogen (secondary N) is 1. The Labute approximate surface area is 227 Å². The summed E-state index contributed by atoms with van der Waals surface area (Å²) in [4.78, 5) is 21.4. The lowest BCUT2D eigenvalue weighted by Crippen LogP contribution is -2.75. The number of rotatable bonds is 9. The van der Waals surface area contributed by atoms with E-state index < -0.39 is 41.1 Å². The molecule has 0 spiro atoms. The van der Waals surface area contributed by atoms with Crippen molar-refractivity contribution in [2.45, 2.75) is 55.3 Å². The van der Waals surface area contributed by atoms with E-state index in [0.717, 1.165) is 11.8 Å². The molecule has 0 unspecified atom stereocenters. The van der Waals surface area contributed by atoms with Gasteiger partial charge < -0.3 is 9.88 Å². The number of hydrogen-bond acceptors (Lipinski definition) is 6. The highest BCUT2D eigenvalue weighted by Crippen LogP contribution is 2.51. The fourth-order valence-corrected chi connectivity index (χ4v) is 4.02. The molecule has 3 aromatic rings. The number of pyridine rings is 1. The van der Waals surface area contributed by atoms with Gasteiger partial charge in [0.2, 0.25) is 0 Å². The van der Waals surface area contributed by atoms with Crippen molar-refractivity contribution in [3.05, 3.63) is 53.2 Å². The number of anilines is 1. The molecule has 8 nitrogen and oxygen atoms in total. The summed E-state index contributed by atoms with van der Waals surface area (Å²) in [6, 6.07) is 4.22. The minimum atomic E-state index is -6.61. The number of aromatic nitrogens is 4. The summed E-state index contributed by atoms with van der Waals surface area (Å²) in [5.41, 5.74) is -0.399. The molecule has 3 rings (SSSR count). The smallest absolute Gasteiger partial charge is 0.309 e.